The van der Waals surface area contributed by atoms with Crippen LogP contribution in [0.1, 0.15) is 46.0 Å². The minimum Gasteiger partial charge on any atom is -0.382 e. The molecule has 0 rings (SSSR count). The largest absolute Gasteiger partial charge is 0.389 e. The molecule has 0 aromatic rings. The highest BCUT2D eigenvalue weighted by molar-refractivity contribution is 4.67. The molecule has 0 heterocycles. The van der Waals surface area contributed by atoms with Crippen LogP contribution in [0.3, 0.4) is 0 Å². The molecule has 0 saturated heterocycles. The first-order chi connectivity index (χ1) is 7.99. The van der Waals surface area contributed by atoms with E-state index in [1.165, 1.54) is 0 Å². The van der Waals surface area contributed by atoms with E-state index in [9.17, 15) is 13.2 Å². The lowest BCUT2D eigenvalue weighted by Crippen LogP contribution is -2.31. The molecule has 104 valence electrons. The number of rotatable bonds is 10. The normalized spacial score (nSPS) is 13.9. The van der Waals surface area contributed by atoms with Crippen molar-refractivity contribution in [2.45, 2.75) is 58.2 Å². The van der Waals surface area contributed by atoms with Gasteiger partial charge in [-0.05, 0) is 39.2 Å². The van der Waals surface area contributed by atoms with E-state index in [2.05, 4.69) is 5.32 Å². The molecular weight excluding hydrogens is 231 g/mol. The highest BCUT2D eigenvalue weighted by atomic mass is 19.4. The van der Waals surface area contributed by atoms with Gasteiger partial charge in [0.2, 0.25) is 0 Å². The monoisotopic (exact) mass is 255 g/mol. The number of hydrogen-bond acceptors (Lipinski definition) is 2. The molecule has 17 heavy (non-hydrogen) atoms. The van der Waals surface area contributed by atoms with Gasteiger partial charge in [0, 0.05) is 25.7 Å². The van der Waals surface area contributed by atoms with Gasteiger partial charge in [0.15, 0.2) is 0 Å². The van der Waals surface area contributed by atoms with Gasteiger partial charge in [-0.2, -0.15) is 13.2 Å². The first kappa shape index (κ1) is 16.7. The lowest BCUT2D eigenvalue weighted by atomic mass is 10.1. The Balaban J connectivity index is 3.75. The summed E-state index contributed by atoms with van der Waals surface area (Å²) in [5, 5.41) is 3.27. The third-order valence-electron chi connectivity index (χ3n) is 2.51. The van der Waals surface area contributed by atoms with Crippen molar-refractivity contribution in [2.75, 3.05) is 19.8 Å². The zero-order valence-corrected chi connectivity index (χ0v) is 10.8. The van der Waals surface area contributed by atoms with Crippen molar-refractivity contribution < 1.29 is 17.9 Å². The van der Waals surface area contributed by atoms with E-state index >= 15 is 0 Å². The molecule has 0 bridgehead atoms. The van der Waals surface area contributed by atoms with Crippen LogP contribution >= 0.6 is 0 Å². The second-order valence-electron chi connectivity index (χ2n) is 4.14. The van der Waals surface area contributed by atoms with E-state index in [1.54, 1.807) is 0 Å². The Bertz CT molecular complexity index is 174. The van der Waals surface area contributed by atoms with Crippen LogP contribution in [-0.4, -0.2) is 32.0 Å². The second kappa shape index (κ2) is 9.71. The summed E-state index contributed by atoms with van der Waals surface area (Å²) in [6, 6.07) is 0.142. The third-order valence-corrected chi connectivity index (χ3v) is 2.51. The Kier molecular flexibility index (Phi) is 9.55. The number of nitrogens with one attached hydrogen (secondary N) is 1. The minimum absolute atomic E-state index is 0.142. The summed E-state index contributed by atoms with van der Waals surface area (Å²) >= 11 is 0. The highest BCUT2D eigenvalue weighted by Gasteiger charge is 2.26. The summed E-state index contributed by atoms with van der Waals surface area (Å²) in [5.74, 6) is 0. The summed E-state index contributed by atoms with van der Waals surface area (Å²) in [6.45, 7) is 6.08. The molecule has 0 spiro atoms. The van der Waals surface area contributed by atoms with Crippen LogP contribution in [0.25, 0.3) is 0 Å². The number of hydrogen-bond donors (Lipinski definition) is 1. The van der Waals surface area contributed by atoms with Crippen molar-refractivity contribution in [1.29, 1.82) is 0 Å². The standard InChI is InChI=1S/C12H24F3NO/c1-3-9-16-11(7-10-17-4-2)6-5-8-12(13,14)15/h11,16H,3-10H2,1-2H3. The zero-order chi connectivity index (χ0) is 13.1. The molecule has 1 atom stereocenters. The third kappa shape index (κ3) is 12.0. The average Bonchev–Trinajstić information content (AvgIpc) is 2.23. The predicted octanol–water partition coefficient (Wildman–Crippen LogP) is 3.51. The summed E-state index contributed by atoms with van der Waals surface area (Å²) in [5.41, 5.74) is 0. The molecule has 0 fully saturated rings. The summed E-state index contributed by atoms with van der Waals surface area (Å²) < 4.78 is 41.3. The van der Waals surface area contributed by atoms with Crippen molar-refractivity contribution in [3.05, 3.63) is 0 Å². The molecule has 0 aliphatic rings. The molecule has 1 unspecified atom stereocenters. The molecule has 1 N–H and O–H groups in total. The number of ether oxygens (including phenoxy) is 1. The van der Waals surface area contributed by atoms with Gasteiger partial charge in [0.1, 0.15) is 0 Å². The smallest absolute Gasteiger partial charge is 0.382 e. The maximum Gasteiger partial charge on any atom is 0.389 e. The molecule has 0 aliphatic carbocycles. The maximum absolute atomic E-state index is 12.0. The SMILES string of the molecule is CCCNC(CCCC(F)(F)F)CCOCC. The van der Waals surface area contributed by atoms with Crippen LogP contribution in [-0.2, 0) is 4.74 Å². The fourth-order valence-electron chi connectivity index (χ4n) is 1.62. The Morgan fingerprint density at radius 1 is 1.18 bits per heavy atom. The van der Waals surface area contributed by atoms with E-state index in [0.717, 1.165) is 19.4 Å². The van der Waals surface area contributed by atoms with Crippen molar-refractivity contribution in [1.82, 2.24) is 5.32 Å². The van der Waals surface area contributed by atoms with E-state index in [1.807, 2.05) is 13.8 Å². The van der Waals surface area contributed by atoms with Crippen LogP contribution < -0.4 is 5.32 Å². The van der Waals surface area contributed by atoms with Gasteiger partial charge < -0.3 is 10.1 Å². The molecule has 5 heteroatoms. The Labute approximate surface area is 102 Å². The van der Waals surface area contributed by atoms with Gasteiger partial charge in [-0.15, -0.1) is 0 Å². The van der Waals surface area contributed by atoms with Gasteiger partial charge in [0.25, 0.3) is 0 Å². The molecule has 0 aromatic heterocycles. The van der Waals surface area contributed by atoms with Crippen LogP contribution in [0.15, 0.2) is 0 Å². The van der Waals surface area contributed by atoms with Crippen LogP contribution in [0.4, 0.5) is 13.2 Å². The fraction of sp³-hybridized carbons (Fsp3) is 1.00. The zero-order valence-electron chi connectivity index (χ0n) is 10.8. The average molecular weight is 255 g/mol. The predicted molar refractivity (Wildman–Crippen MR) is 63.1 cm³/mol. The van der Waals surface area contributed by atoms with Gasteiger partial charge >= 0.3 is 6.18 Å². The Morgan fingerprint density at radius 2 is 1.88 bits per heavy atom. The lowest BCUT2D eigenvalue weighted by molar-refractivity contribution is -0.135. The van der Waals surface area contributed by atoms with E-state index in [-0.39, 0.29) is 12.5 Å². The number of alkyl halides is 3. The minimum atomic E-state index is -4.03. The lowest BCUT2D eigenvalue weighted by Gasteiger charge is -2.18. The van der Waals surface area contributed by atoms with Crippen molar-refractivity contribution in [3.8, 4) is 0 Å². The molecule has 0 radical (unpaired) electrons. The summed E-state index contributed by atoms with van der Waals surface area (Å²) in [4.78, 5) is 0. The van der Waals surface area contributed by atoms with Crippen molar-refractivity contribution in [2.24, 2.45) is 0 Å². The molecule has 0 aliphatic heterocycles. The fourth-order valence-corrected chi connectivity index (χ4v) is 1.62. The molecule has 0 aromatic carbocycles. The highest BCUT2D eigenvalue weighted by Crippen LogP contribution is 2.23. The van der Waals surface area contributed by atoms with Gasteiger partial charge in [-0.3, -0.25) is 0 Å². The van der Waals surface area contributed by atoms with E-state index in [0.29, 0.717) is 19.6 Å². The molecule has 2 nitrogen and oxygen atoms in total. The second-order valence-corrected chi connectivity index (χ2v) is 4.14. The first-order valence-electron chi connectivity index (χ1n) is 6.37. The van der Waals surface area contributed by atoms with Gasteiger partial charge in [-0.25, -0.2) is 0 Å². The van der Waals surface area contributed by atoms with E-state index in [4.69, 9.17) is 4.74 Å². The summed E-state index contributed by atoms with van der Waals surface area (Å²) in [6.07, 6.45) is -2.19. The maximum atomic E-state index is 12.0. The quantitative estimate of drug-likeness (QED) is 0.603. The van der Waals surface area contributed by atoms with Crippen molar-refractivity contribution >= 4 is 0 Å². The van der Waals surface area contributed by atoms with Crippen LogP contribution in [0.5, 0.6) is 0 Å². The number of halogens is 3. The van der Waals surface area contributed by atoms with E-state index < -0.39 is 12.6 Å². The van der Waals surface area contributed by atoms with Gasteiger partial charge in [-0.1, -0.05) is 6.92 Å². The molecular formula is C12H24F3NO. The van der Waals surface area contributed by atoms with Gasteiger partial charge in [0.05, 0.1) is 0 Å². The Morgan fingerprint density at radius 3 is 2.41 bits per heavy atom. The molecule has 0 saturated carbocycles. The Hall–Kier alpha value is -0.290. The first-order valence-corrected chi connectivity index (χ1v) is 6.37. The van der Waals surface area contributed by atoms with Crippen LogP contribution in [0.2, 0.25) is 0 Å². The topological polar surface area (TPSA) is 21.3 Å². The van der Waals surface area contributed by atoms with Crippen molar-refractivity contribution in [3.63, 3.8) is 0 Å². The molecule has 0 amide bonds. The van der Waals surface area contributed by atoms with Crippen LogP contribution in [0, 0.1) is 0 Å². The summed E-state index contributed by atoms with van der Waals surface area (Å²) in [7, 11) is 0.